The van der Waals surface area contributed by atoms with Crippen LogP contribution in [0, 0.1) is 0 Å². The van der Waals surface area contributed by atoms with Crippen LogP contribution in [0.1, 0.15) is 20.8 Å². The largest absolute Gasteiger partial charge is 0.364 e. The third-order valence-electron chi connectivity index (χ3n) is 2.79. The molecule has 0 aliphatic carbocycles. The molecule has 0 spiro atoms. The number of carbonyl (C=O) groups is 2. The van der Waals surface area contributed by atoms with Crippen LogP contribution in [0.3, 0.4) is 0 Å². The number of nitrogens with two attached hydrogens (primary N) is 1. The van der Waals surface area contributed by atoms with E-state index in [1.165, 1.54) is 41.4 Å². The molecule has 0 bridgehead atoms. The molecule has 0 saturated heterocycles. The lowest BCUT2D eigenvalue weighted by molar-refractivity contribution is 0.0991. The third-order valence-corrected chi connectivity index (χ3v) is 3.23. The Morgan fingerprint density at radius 1 is 1.27 bits per heavy atom. The second-order valence-corrected chi connectivity index (χ2v) is 5.27. The molecule has 3 N–H and O–H groups in total. The van der Waals surface area contributed by atoms with E-state index in [1.54, 1.807) is 7.05 Å². The highest BCUT2D eigenvalue weighted by Crippen LogP contribution is 2.19. The van der Waals surface area contributed by atoms with Crippen molar-refractivity contribution in [1.29, 1.82) is 0 Å². The van der Waals surface area contributed by atoms with Crippen LogP contribution in [-0.4, -0.2) is 21.5 Å². The van der Waals surface area contributed by atoms with Crippen LogP contribution in [0.2, 0.25) is 10.0 Å². The second kappa shape index (κ2) is 6.64. The first-order valence-corrected chi connectivity index (χ1v) is 6.89. The van der Waals surface area contributed by atoms with E-state index in [0.29, 0.717) is 21.3 Å². The molecule has 1 amide bonds. The summed E-state index contributed by atoms with van der Waals surface area (Å²) in [7, 11) is 1.59. The molecule has 0 aliphatic rings. The minimum Gasteiger partial charge on any atom is -0.364 e. The zero-order chi connectivity index (χ0) is 16.3. The van der Waals surface area contributed by atoms with Crippen LogP contribution < -0.4 is 11.1 Å². The molecule has 1 heterocycles. The Balaban J connectivity index is 2.13. The average Bonchev–Trinajstić information content (AvgIpc) is 2.78. The van der Waals surface area contributed by atoms with E-state index in [1.807, 2.05) is 0 Å². The lowest BCUT2D eigenvalue weighted by Crippen LogP contribution is -2.17. The summed E-state index contributed by atoms with van der Waals surface area (Å²) in [6, 6.07) is 4.56. The van der Waals surface area contributed by atoms with Gasteiger partial charge in [0.05, 0.1) is 11.9 Å². The Kier molecular flexibility index (Phi) is 4.85. The highest BCUT2D eigenvalue weighted by atomic mass is 35.5. The van der Waals surface area contributed by atoms with Gasteiger partial charge in [-0.2, -0.15) is 5.10 Å². The van der Waals surface area contributed by atoms with E-state index in [0.717, 1.165) is 0 Å². The lowest BCUT2D eigenvalue weighted by atomic mass is 10.1. The summed E-state index contributed by atoms with van der Waals surface area (Å²) in [5.41, 5.74) is 6.23. The smallest absolute Gasteiger partial charge is 0.269 e. The molecule has 0 radical (unpaired) electrons. The van der Waals surface area contributed by atoms with Crippen LogP contribution in [0.4, 0.5) is 5.69 Å². The zero-order valence-corrected chi connectivity index (χ0v) is 13.0. The molecule has 8 heteroatoms. The quantitative estimate of drug-likeness (QED) is 0.647. The Hall–Kier alpha value is -2.31. The number of allylic oxidation sites excluding steroid dienone is 1. The molecule has 0 unspecified atom stereocenters. The number of benzene rings is 1. The number of aryl methyl sites for hydroxylation is 1. The summed E-state index contributed by atoms with van der Waals surface area (Å²) in [5.74, 6) is -0.912. The molecule has 22 heavy (non-hydrogen) atoms. The van der Waals surface area contributed by atoms with Gasteiger partial charge in [-0.25, -0.2) is 0 Å². The summed E-state index contributed by atoms with van der Waals surface area (Å²) in [6.45, 7) is 0. The van der Waals surface area contributed by atoms with Gasteiger partial charge in [0.2, 0.25) is 0 Å². The van der Waals surface area contributed by atoms with E-state index in [9.17, 15) is 9.59 Å². The number of hydrogen-bond donors (Lipinski definition) is 2. The van der Waals surface area contributed by atoms with Gasteiger partial charge in [0.15, 0.2) is 5.78 Å². The van der Waals surface area contributed by atoms with E-state index in [2.05, 4.69) is 10.4 Å². The zero-order valence-electron chi connectivity index (χ0n) is 11.5. The Morgan fingerprint density at radius 3 is 2.50 bits per heavy atom. The predicted molar refractivity (Wildman–Crippen MR) is 85.3 cm³/mol. The van der Waals surface area contributed by atoms with Crippen molar-refractivity contribution < 1.29 is 9.59 Å². The summed E-state index contributed by atoms with van der Waals surface area (Å²) in [5, 5.41) is 7.46. The first kappa shape index (κ1) is 16.1. The molecule has 1 aromatic heterocycles. The monoisotopic (exact) mass is 338 g/mol. The van der Waals surface area contributed by atoms with Gasteiger partial charge < -0.3 is 11.1 Å². The van der Waals surface area contributed by atoms with E-state index >= 15 is 0 Å². The van der Waals surface area contributed by atoms with E-state index < -0.39 is 5.91 Å². The molecule has 6 nitrogen and oxygen atoms in total. The number of rotatable bonds is 5. The van der Waals surface area contributed by atoms with Crippen molar-refractivity contribution in [1.82, 2.24) is 9.78 Å². The van der Waals surface area contributed by atoms with Gasteiger partial charge in [-0.15, -0.1) is 0 Å². The topological polar surface area (TPSA) is 90.0 Å². The van der Waals surface area contributed by atoms with Crippen LogP contribution in [0.25, 0.3) is 0 Å². The molecule has 0 aliphatic heterocycles. The number of primary amides is 1. The number of hydrogen-bond acceptors (Lipinski definition) is 4. The van der Waals surface area contributed by atoms with Crippen molar-refractivity contribution in [3.63, 3.8) is 0 Å². The maximum atomic E-state index is 12.0. The first-order valence-electron chi connectivity index (χ1n) is 6.14. The number of halogens is 2. The van der Waals surface area contributed by atoms with Gasteiger partial charge in [-0.05, 0) is 18.2 Å². The molecule has 2 rings (SSSR count). The van der Waals surface area contributed by atoms with Crippen molar-refractivity contribution >= 4 is 40.6 Å². The lowest BCUT2D eigenvalue weighted by Gasteiger charge is -2.02. The Labute approximate surface area is 136 Å². The number of nitrogens with one attached hydrogen (secondary N) is 1. The number of ketones is 1. The second-order valence-electron chi connectivity index (χ2n) is 4.39. The number of carbonyl (C=O) groups excluding carboxylic acids is 2. The highest BCUT2D eigenvalue weighted by Gasteiger charge is 2.12. The normalized spacial score (nSPS) is 10.9. The maximum absolute atomic E-state index is 12.0. The Morgan fingerprint density at radius 2 is 1.91 bits per heavy atom. The predicted octanol–water partition coefficient (Wildman–Crippen LogP) is 2.63. The number of aromatic nitrogens is 2. The summed E-state index contributed by atoms with van der Waals surface area (Å²) >= 11 is 11.7. The standard InChI is InChI=1S/C14H12Cl2N4O2/c1-20-13(14(17)22)11(7-19-20)18-3-2-12(21)8-4-9(15)6-10(16)5-8/h2-7,18H,1H3,(H2,17,22). The van der Waals surface area contributed by atoms with Crippen LogP contribution in [0.15, 0.2) is 36.7 Å². The van der Waals surface area contributed by atoms with Crippen LogP contribution in [0.5, 0.6) is 0 Å². The summed E-state index contributed by atoms with van der Waals surface area (Å²) in [4.78, 5) is 23.3. The third kappa shape index (κ3) is 3.66. The fraction of sp³-hybridized carbons (Fsp3) is 0.0714. The minimum atomic E-state index is -0.621. The first-order chi connectivity index (χ1) is 10.4. The van der Waals surface area contributed by atoms with Gasteiger partial charge in [0, 0.05) is 34.9 Å². The molecular weight excluding hydrogens is 327 g/mol. The minimum absolute atomic E-state index is 0.211. The highest BCUT2D eigenvalue weighted by molar-refractivity contribution is 6.35. The van der Waals surface area contributed by atoms with Crippen molar-refractivity contribution in [2.75, 3.05) is 5.32 Å². The fourth-order valence-corrected chi connectivity index (χ4v) is 2.36. The Bertz CT molecular complexity index is 748. The average molecular weight is 339 g/mol. The van der Waals surface area contributed by atoms with Gasteiger partial charge in [-0.3, -0.25) is 14.3 Å². The summed E-state index contributed by atoms with van der Waals surface area (Å²) in [6.07, 6.45) is 4.12. The van der Waals surface area contributed by atoms with Gasteiger partial charge >= 0.3 is 0 Å². The van der Waals surface area contributed by atoms with Gasteiger partial charge in [0.25, 0.3) is 5.91 Å². The molecule has 0 saturated carbocycles. The van der Waals surface area contributed by atoms with Gasteiger partial charge in [-0.1, -0.05) is 23.2 Å². The molecule has 1 aromatic carbocycles. The van der Waals surface area contributed by atoms with E-state index in [4.69, 9.17) is 28.9 Å². The van der Waals surface area contributed by atoms with Gasteiger partial charge in [0.1, 0.15) is 5.69 Å². The van der Waals surface area contributed by atoms with Crippen molar-refractivity contribution in [3.8, 4) is 0 Å². The number of nitrogens with zero attached hydrogens (tertiary/aromatic N) is 2. The van der Waals surface area contributed by atoms with Crippen molar-refractivity contribution in [2.24, 2.45) is 12.8 Å². The van der Waals surface area contributed by atoms with Crippen molar-refractivity contribution in [2.45, 2.75) is 0 Å². The van der Waals surface area contributed by atoms with Crippen molar-refractivity contribution in [3.05, 3.63) is 58.0 Å². The molecule has 0 atom stereocenters. The molecule has 0 fully saturated rings. The molecule has 2 aromatic rings. The number of amides is 1. The maximum Gasteiger partial charge on any atom is 0.269 e. The molecular formula is C14H12Cl2N4O2. The summed E-state index contributed by atoms with van der Waals surface area (Å²) < 4.78 is 1.34. The van der Waals surface area contributed by atoms with Crippen LogP contribution >= 0.6 is 23.2 Å². The van der Waals surface area contributed by atoms with Crippen LogP contribution in [-0.2, 0) is 7.05 Å². The number of anilines is 1. The molecule has 114 valence electrons. The van der Waals surface area contributed by atoms with E-state index in [-0.39, 0.29) is 11.5 Å². The SMILES string of the molecule is Cn1ncc(NC=CC(=O)c2cc(Cl)cc(Cl)c2)c1C(N)=O. The fourth-order valence-electron chi connectivity index (χ4n) is 1.83.